The molecule has 0 bridgehead atoms. The van der Waals surface area contributed by atoms with E-state index in [0.29, 0.717) is 6.07 Å². The maximum atomic E-state index is 14.1. The maximum Gasteiger partial charge on any atom is 0.405 e. The number of nitrogens with two attached hydrogens (primary N) is 2. The van der Waals surface area contributed by atoms with Gasteiger partial charge in [0.15, 0.2) is 21.8 Å². The number of hydrogen-bond donors (Lipinski definition) is 2. The summed E-state index contributed by atoms with van der Waals surface area (Å²) in [5, 5.41) is 4.33. The van der Waals surface area contributed by atoms with E-state index in [0.717, 1.165) is 23.1 Å². The van der Waals surface area contributed by atoms with Gasteiger partial charge in [-0.2, -0.15) is 5.10 Å². The maximum absolute atomic E-state index is 14.1. The van der Waals surface area contributed by atoms with E-state index in [4.69, 9.17) is 27.8 Å². The van der Waals surface area contributed by atoms with E-state index in [1.54, 1.807) is 0 Å². The van der Waals surface area contributed by atoms with Crippen molar-refractivity contribution in [3.8, 4) is 23.0 Å². The van der Waals surface area contributed by atoms with Gasteiger partial charge in [0.1, 0.15) is 28.6 Å². The number of sulfone groups is 1. The van der Waals surface area contributed by atoms with Crippen LogP contribution in [0.5, 0.6) is 0 Å². The van der Waals surface area contributed by atoms with Crippen molar-refractivity contribution in [1.29, 1.82) is 0 Å². The lowest BCUT2D eigenvalue weighted by Gasteiger charge is -2.21. The number of halogens is 5. The molecule has 4 aromatic rings. The van der Waals surface area contributed by atoms with E-state index in [-0.39, 0.29) is 56.2 Å². The Morgan fingerprint density at radius 3 is 2.34 bits per heavy atom. The molecule has 1 unspecified atom stereocenters. The molecule has 0 saturated heterocycles. The minimum Gasteiger partial charge on any atom is -0.439 e. The number of nitrogen functional groups attached to an aromatic ring is 1. The summed E-state index contributed by atoms with van der Waals surface area (Å²) in [5.74, 6) is 3.46. The molecule has 0 aliphatic heterocycles. The predicted molar refractivity (Wildman–Crippen MR) is 158 cm³/mol. The third-order valence-electron chi connectivity index (χ3n) is 6.72. The number of nitrogens with zero attached hydrogens (tertiary/aromatic N) is 3. The number of amides is 1. The van der Waals surface area contributed by atoms with Crippen LogP contribution in [0.4, 0.5) is 28.2 Å². The number of carbonyl (C=O) groups excluding carboxylic acids is 1. The van der Waals surface area contributed by atoms with Crippen LogP contribution in [0.2, 0.25) is 5.02 Å². The molecular weight excluding hydrogens is 626 g/mol. The lowest BCUT2D eigenvalue weighted by atomic mass is 9.95. The molecule has 1 atom stereocenters. The number of pyridine rings is 1. The normalized spacial score (nSPS) is 12.7. The van der Waals surface area contributed by atoms with Gasteiger partial charge in [0.2, 0.25) is 0 Å². The van der Waals surface area contributed by atoms with Crippen LogP contribution in [-0.4, -0.2) is 46.7 Å². The third kappa shape index (κ3) is 7.06. The van der Waals surface area contributed by atoms with E-state index in [9.17, 15) is 30.8 Å². The van der Waals surface area contributed by atoms with Gasteiger partial charge in [0.25, 0.3) is 6.43 Å². The molecule has 0 radical (unpaired) electrons. The number of rotatable bonds is 8. The molecule has 0 fully saturated rings. The summed E-state index contributed by atoms with van der Waals surface area (Å²) in [7, 11) is -3.61. The second-order valence-electron chi connectivity index (χ2n) is 10.3. The first kappa shape index (κ1) is 32.6. The van der Waals surface area contributed by atoms with Crippen LogP contribution in [-0.2, 0) is 27.5 Å². The molecule has 0 saturated carbocycles. The predicted octanol–water partition coefficient (Wildman–Crippen LogP) is 5.43. The Balaban J connectivity index is 2.02. The highest BCUT2D eigenvalue weighted by atomic mass is 35.5. The number of ether oxygens (including phenoxy) is 1. The molecule has 2 aromatic heterocycles. The highest BCUT2D eigenvalue weighted by molar-refractivity contribution is 7.92. The standard InChI is InChI=1S/C29H26ClF4N5O4S/c1-29(2,44(3,41)42)9-8-18-4-5-19(20-6-7-21(30)24-26(20)39(14-23(33)34)38-27(24)35)25(37-18)22(43-28(36)40)12-15-10-16(31)13-17(32)11-15/h4-7,10-11,13,22-23H,12,14H2,1-3H3,(H2,35,38)(H2,36,40). The Labute approximate surface area is 255 Å². The lowest BCUT2D eigenvalue weighted by molar-refractivity contribution is 0.104. The average molecular weight is 652 g/mol. The van der Waals surface area contributed by atoms with Crippen LogP contribution in [0, 0.1) is 23.5 Å². The molecular formula is C29H26ClF4N5O4S. The molecule has 2 heterocycles. The number of aromatic nitrogens is 3. The molecule has 9 nitrogen and oxygen atoms in total. The van der Waals surface area contributed by atoms with Gasteiger partial charge in [-0.25, -0.2) is 35.8 Å². The van der Waals surface area contributed by atoms with E-state index in [1.807, 2.05) is 0 Å². The van der Waals surface area contributed by atoms with Crippen LogP contribution >= 0.6 is 11.6 Å². The summed E-state index contributed by atoms with van der Waals surface area (Å²) >= 11 is 6.36. The highest BCUT2D eigenvalue weighted by Gasteiger charge is 2.29. The molecule has 4 N–H and O–H groups in total. The molecule has 0 aliphatic carbocycles. The first-order chi connectivity index (χ1) is 20.5. The number of anilines is 1. The molecule has 0 aliphatic rings. The quantitative estimate of drug-likeness (QED) is 0.191. The number of primary amides is 1. The van der Waals surface area contributed by atoms with Gasteiger partial charge < -0.3 is 16.2 Å². The zero-order chi connectivity index (χ0) is 32.6. The molecule has 44 heavy (non-hydrogen) atoms. The first-order valence-electron chi connectivity index (χ1n) is 12.8. The fourth-order valence-corrected chi connectivity index (χ4v) is 4.88. The fraction of sp³-hybridized carbons (Fsp3) is 0.276. The zero-order valence-electron chi connectivity index (χ0n) is 23.5. The van der Waals surface area contributed by atoms with E-state index >= 15 is 0 Å². The fourth-order valence-electron chi connectivity index (χ4n) is 4.39. The van der Waals surface area contributed by atoms with Crippen molar-refractivity contribution in [2.45, 2.75) is 44.1 Å². The average Bonchev–Trinajstić information content (AvgIpc) is 3.21. The number of carbonyl (C=O) groups is 1. The SMILES string of the molecule is CC(C)(C#Cc1ccc(-c2ccc(Cl)c3c(N)nn(CC(F)F)c23)c(C(Cc2cc(F)cc(F)c2)OC(N)=O)n1)S(C)(=O)=O. The largest absolute Gasteiger partial charge is 0.439 e. The summed E-state index contributed by atoms with van der Waals surface area (Å²) < 4.78 is 84.5. The van der Waals surface area contributed by atoms with Crippen LogP contribution in [0.25, 0.3) is 22.0 Å². The van der Waals surface area contributed by atoms with Gasteiger partial charge in [-0.05, 0) is 55.7 Å². The second kappa shape index (κ2) is 12.3. The van der Waals surface area contributed by atoms with Crippen LogP contribution in [0.1, 0.15) is 36.9 Å². The van der Waals surface area contributed by atoms with Crippen LogP contribution < -0.4 is 11.5 Å². The molecule has 232 valence electrons. The van der Waals surface area contributed by atoms with Crippen molar-refractivity contribution in [3.63, 3.8) is 0 Å². The van der Waals surface area contributed by atoms with Gasteiger partial charge >= 0.3 is 6.09 Å². The monoisotopic (exact) mass is 651 g/mol. The second-order valence-corrected chi connectivity index (χ2v) is 13.3. The first-order valence-corrected chi connectivity index (χ1v) is 15.1. The van der Waals surface area contributed by atoms with Crippen molar-refractivity contribution >= 4 is 44.3 Å². The number of hydrogen-bond acceptors (Lipinski definition) is 7. The number of benzene rings is 2. The van der Waals surface area contributed by atoms with Crippen molar-refractivity contribution in [2.75, 3.05) is 12.0 Å². The van der Waals surface area contributed by atoms with Gasteiger partial charge in [-0.1, -0.05) is 23.6 Å². The Morgan fingerprint density at radius 2 is 1.75 bits per heavy atom. The molecule has 2 aromatic carbocycles. The van der Waals surface area contributed by atoms with Gasteiger partial charge in [0, 0.05) is 29.9 Å². The van der Waals surface area contributed by atoms with E-state index < -0.39 is 51.4 Å². The Morgan fingerprint density at radius 1 is 1.11 bits per heavy atom. The lowest BCUT2D eigenvalue weighted by Crippen LogP contribution is -2.28. The molecule has 1 amide bonds. The molecule has 0 spiro atoms. The van der Waals surface area contributed by atoms with Crippen molar-refractivity contribution in [2.24, 2.45) is 5.73 Å². The Hall–Kier alpha value is -4.35. The smallest absolute Gasteiger partial charge is 0.405 e. The number of fused-ring (bicyclic) bond motifs is 1. The van der Waals surface area contributed by atoms with Crippen molar-refractivity contribution in [3.05, 3.63) is 76.1 Å². The van der Waals surface area contributed by atoms with Crippen molar-refractivity contribution < 1.29 is 35.5 Å². The van der Waals surface area contributed by atoms with E-state index in [2.05, 4.69) is 21.9 Å². The molecule has 4 rings (SSSR count). The summed E-state index contributed by atoms with van der Waals surface area (Å²) in [6.45, 7) is 1.97. The van der Waals surface area contributed by atoms with Gasteiger partial charge in [-0.3, -0.25) is 4.68 Å². The van der Waals surface area contributed by atoms with E-state index in [1.165, 1.54) is 38.1 Å². The van der Waals surface area contributed by atoms with Gasteiger partial charge in [0.05, 0.1) is 21.6 Å². The topological polar surface area (TPSA) is 143 Å². The van der Waals surface area contributed by atoms with Crippen LogP contribution in [0.3, 0.4) is 0 Å². The summed E-state index contributed by atoms with van der Waals surface area (Å²) in [5.41, 5.74) is 12.0. The summed E-state index contributed by atoms with van der Waals surface area (Å²) in [6, 6.07) is 8.59. The zero-order valence-corrected chi connectivity index (χ0v) is 25.1. The Kier molecular flexibility index (Phi) is 9.13. The minimum absolute atomic E-state index is 0.0368. The molecule has 15 heteroatoms. The summed E-state index contributed by atoms with van der Waals surface area (Å²) in [6.07, 6.45) is -4.74. The highest BCUT2D eigenvalue weighted by Crippen LogP contribution is 2.40. The number of alkyl halides is 2. The minimum atomic E-state index is -3.61. The van der Waals surface area contributed by atoms with Crippen molar-refractivity contribution in [1.82, 2.24) is 14.8 Å². The summed E-state index contributed by atoms with van der Waals surface area (Å²) in [4.78, 5) is 16.6. The Bertz CT molecular complexity index is 1920. The third-order valence-corrected chi connectivity index (χ3v) is 8.99. The van der Waals surface area contributed by atoms with Crippen LogP contribution in [0.15, 0.2) is 42.5 Å². The van der Waals surface area contributed by atoms with Gasteiger partial charge in [-0.15, -0.1) is 0 Å².